The zero-order valence-electron chi connectivity index (χ0n) is 15.1. The van der Waals surface area contributed by atoms with Crippen molar-refractivity contribution < 1.29 is 14.6 Å². The lowest BCUT2D eigenvalue weighted by atomic mass is 10.1. The summed E-state index contributed by atoms with van der Waals surface area (Å²) in [5.74, 6) is 0.217. The predicted molar refractivity (Wildman–Crippen MR) is 108 cm³/mol. The van der Waals surface area contributed by atoms with Gasteiger partial charge >= 0.3 is 0 Å². The molecular weight excluding hydrogens is 372 g/mol. The maximum Gasteiger partial charge on any atom is 0.264 e. The van der Waals surface area contributed by atoms with E-state index < -0.39 is 5.91 Å². The number of halogens is 1. The van der Waals surface area contributed by atoms with Gasteiger partial charge in [0.05, 0.1) is 5.69 Å². The lowest BCUT2D eigenvalue weighted by Gasteiger charge is -2.13. The highest BCUT2D eigenvalue weighted by Gasteiger charge is 2.10. The largest absolute Gasteiger partial charge is 0.506 e. The molecule has 0 fully saturated rings. The lowest BCUT2D eigenvalue weighted by Crippen LogP contribution is -2.37. The summed E-state index contributed by atoms with van der Waals surface area (Å²) in [5.41, 5.74) is 4.15. The van der Waals surface area contributed by atoms with Crippen molar-refractivity contribution in [2.45, 2.75) is 27.7 Å². The summed E-state index contributed by atoms with van der Waals surface area (Å²) < 4.78 is 5.49. The number of ether oxygens (including phenoxy) is 1. The monoisotopic (exact) mass is 392 g/mol. The Labute approximate surface area is 163 Å². The maximum absolute atomic E-state index is 12.0. The SMILES string of the molecule is Cc1cc(O)c(NC(=S)NC(=O)COc2cc(C)c(Cl)c(C)c2)cc1C. The van der Waals surface area contributed by atoms with E-state index in [0.717, 1.165) is 22.3 Å². The second-order valence-corrected chi connectivity index (χ2v) is 6.90. The fourth-order valence-corrected chi connectivity index (χ4v) is 2.69. The highest BCUT2D eigenvalue weighted by molar-refractivity contribution is 7.80. The standard InChI is InChI=1S/C19H21ClN2O3S/c1-10-7-15(16(23)8-11(10)2)21-19(26)22-17(24)9-25-14-5-12(3)18(20)13(4)6-14/h5-8,23H,9H2,1-4H3,(H2,21,22,24,26). The number of hydrogen-bond acceptors (Lipinski definition) is 4. The highest BCUT2D eigenvalue weighted by Crippen LogP contribution is 2.27. The summed E-state index contributed by atoms with van der Waals surface area (Å²) in [6, 6.07) is 6.94. The van der Waals surface area contributed by atoms with Gasteiger partial charge in [0.25, 0.3) is 5.91 Å². The molecule has 26 heavy (non-hydrogen) atoms. The van der Waals surface area contributed by atoms with Crippen LogP contribution in [0.5, 0.6) is 11.5 Å². The van der Waals surface area contributed by atoms with Crippen molar-refractivity contribution in [3.63, 3.8) is 0 Å². The molecule has 0 spiro atoms. The third-order valence-electron chi connectivity index (χ3n) is 3.89. The van der Waals surface area contributed by atoms with E-state index in [4.69, 9.17) is 28.6 Å². The van der Waals surface area contributed by atoms with E-state index in [0.29, 0.717) is 16.5 Å². The molecule has 0 saturated carbocycles. The molecule has 5 nitrogen and oxygen atoms in total. The van der Waals surface area contributed by atoms with Gasteiger partial charge in [-0.2, -0.15) is 0 Å². The topological polar surface area (TPSA) is 70.6 Å². The van der Waals surface area contributed by atoms with Crippen molar-refractivity contribution in [2.75, 3.05) is 11.9 Å². The normalized spacial score (nSPS) is 10.3. The number of benzene rings is 2. The molecule has 0 atom stereocenters. The average molecular weight is 393 g/mol. The minimum atomic E-state index is -0.406. The van der Waals surface area contributed by atoms with Crippen molar-refractivity contribution in [3.05, 3.63) is 51.5 Å². The smallest absolute Gasteiger partial charge is 0.264 e. The molecule has 3 N–H and O–H groups in total. The summed E-state index contributed by atoms with van der Waals surface area (Å²) in [4.78, 5) is 12.0. The van der Waals surface area contributed by atoms with Gasteiger partial charge < -0.3 is 15.2 Å². The van der Waals surface area contributed by atoms with E-state index >= 15 is 0 Å². The molecule has 7 heteroatoms. The van der Waals surface area contributed by atoms with Gasteiger partial charge in [-0.1, -0.05) is 11.6 Å². The Hall–Kier alpha value is -2.31. The van der Waals surface area contributed by atoms with Crippen LogP contribution in [-0.2, 0) is 4.79 Å². The van der Waals surface area contributed by atoms with Gasteiger partial charge in [-0.05, 0) is 86.4 Å². The number of phenols is 1. The molecule has 0 aromatic heterocycles. The average Bonchev–Trinajstić information content (AvgIpc) is 2.55. The first kappa shape index (κ1) is 20.0. The number of thiocarbonyl (C=S) groups is 1. The highest BCUT2D eigenvalue weighted by atomic mass is 35.5. The molecule has 138 valence electrons. The molecule has 0 heterocycles. The van der Waals surface area contributed by atoms with E-state index in [-0.39, 0.29) is 17.5 Å². The van der Waals surface area contributed by atoms with Crippen LogP contribution >= 0.6 is 23.8 Å². The number of nitrogens with one attached hydrogen (secondary N) is 2. The number of aromatic hydroxyl groups is 1. The van der Waals surface area contributed by atoms with E-state index in [2.05, 4.69) is 10.6 Å². The Morgan fingerprint density at radius 2 is 1.65 bits per heavy atom. The van der Waals surface area contributed by atoms with Crippen molar-refractivity contribution in [1.29, 1.82) is 0 Å². The van der Waals surface area contributed by atoms with Crippen molar-refractivity contribution >= 4 is 40.5 Å². The zero-order chi connectivity index (χ0) is 19.4. The Morgan fingerprint density at radius 1 is 1.08 bits per heavy atom. The first-order valence-electron chi connectivity index (χ1n) is 7.98. The second-order valence-electron chi connectivity index (χ2n) is 6.12. The van der Waals surface area contributed by atoms with Gasteiger partial charge in [0.1, 0.15) is 11.5 Å². The molecule has 2 rings (SSSR count). The van der Waals surface area contributed by atoms with E-state index in [1.54, 1.807) is 24.3 Å². The van der Waals surface area contributed by atoms with Crippen LogP contribution in [0.2, 0.25) is 5.02 Å². The maximum atomic E-state index is 12.0. The van der Waals surface area contributed by atoms with Crippen LogP contribution in [0.15, 0.2) is 24.3 Å². The minimum absolute atomic E-state index is 0.0630. The molecule has 0 saturated heterocycles. The molecule has 0 unspecified atom stereocenters. The first-order valence-corrected chi connectivity index (χ1v) is 8.76. The van der Waals surface area contributed by atoms with Crippen molar-refractivity contribution in [1.82, 2.24) is 5.32 Å². The Kier molecular flexibility index (Phi) is 6.45. The van der Waals surface area contributed by atoms with Gasteiger partial charge in [-0.3, -0.25) is 10.1 Å². The summed E-state index contributed by atoms with van der Waals surface area (Å²) in [7, 11) is 0. The molecule has 0 aliphatic rings. The molecule has 0 radical (unpaired) electrons. The van der Waals surface area contributed by atoms with E-state index in [1.165, 1.54) is 0 Å². The number of rotatable bonds is 4. The summed E-state index contributed by atoms with van der Waals surface area (Å²) in [6.45, 7) is 7.37. The number of carbonyl (C=O) groups is 1. The molecule has 0 aliphatic carbocycles. The second kappa shape index (κ2) is 8.38. The number of anilines is 1. The molecule has 2 aromatic carbocycles. The third kappa shape index (κ3) is 5.09. The van der Waals surface area contributed by atoms with E-state index in [1.807, 2.05) is 27.7 Å². The first-order chi connectivity index (χ1) is 12.2. The fourth-order valence-electron chi connectivity index (χ4n) is 2.36. The summed E-state index contributed by atoms with van der Waals surface area (Å²) in [6.07, 6.45) is 0. The summed E-state index contributed by atoms with van der Waals surface area (Å²) in [5, 5.41) is 16.0. The Morgan fingerprint density at radius 3 is 2.27 bits per heavy atom. The predicted octanol–water partition coefficient (Wildman–Crippen LogP) is 4.17. The van der Waals surface area contributed by atoms with Crippen LogP contribution in [0.1, 0.15) is 22.3 Å². The lowest BCUT2D eigenvalue weighted by molar-refractivity contribution is -0.121. The molecule has 0 bridgehead atoms. The van der Waals surface area contributed by atoms with Gasteiger partial charge in [0, 0.05) is 5.02 Å². The molecule has 1 amide bonds. The van der Waals surface area contributed by atoms with Gasteiger partial charge in [-0.25, -0.2) is 0 Å². The van der Waals surface area contributed by atoms with Crippen LogP contribution in [-0.4, -0.2) is 22.7 Å². The van der Waals surface area contributed by atoms with Gasteiger partial charge in [0.15, 0.2) is 11.7 Å². The van der Waals surface area contributed by atoms with Crippen LogP contribution in [0.25, 0.3) is 0 Å². The van der Waals surface area contributed by atoms with Crippen LogP contribution in [0.3, 0.4) is 0 Å². The number of carbonyl (C=O) groups excluding carboxylic acids is 1. The Balaban J connectivity index is 1.92. The number of amides is 1. The minimum Gasteiger partial charge on any atom is -0.506 e. The zero-order valence-corrected chi connectivity index (χ0v) is 16.6. The number of hydrogen-bond donors (Lipinski definition) is 3. The van der Waals surface area contributed by atoms with Crippen LogP contribution < -0.4 is 15.4 Å². The summed E-state index contributed by atoms with van der Waals surface area (Å²) >= 11 is 11.2. The van der Waals surface area contributed by atoms with Gasteiger partial charge in [0.2, 0.25) is 0 Å². The third-order valence-corrected chi connectivity index (χ3v) is 4.69. The fraction of sp³-hybridized carbons (Fsp3) is 0.263. The molecular formula is C19H21ClN2O3S. The van der Waals surface area contributed by atoms with Crippen LogP contribution in [0, 0.1) is 27.7 Å². The number of phenolic OH excluding ortho intramolecular Hbond substituents is 1. The Bertz CT molecular complexity index is 845. The van der Waals surface area contributed by atoms with Crippen LogP contribution in [0.4, 0.5) is 5.69 Å². The quantitative estimate of drug-likeness (QED) is 0.538. The van der Waals surface area contributed by atoms with Gasteiger partial charge in [-0.15, -0.1) is 0 Å². The number of aryl methyl sites for hydroxylation is 4. The van der Waals surface area contributed by atoms with Crippen molar-refractivity contribution in [3.8, 4) is 11.5 Å². The molecule has 0 aliphatic heterocycles. The molecule has 2 aromatic rings. The van der Waals surface area contributed by atoms with E-state index in [9.17, 15) is 9.90 Å². The van der Waals surface area contributed by atoms with Crippen molar-refractivity contribution in [2.24, 2.45) is 0 Å².